The molecule has 4 nitrogen and oxygen atoms in total. The number of thioether (sulfide) groups is 1. The van der Waals surface area contributed by atoms with Crippen LogP contribution in [-0.4, -0.2) is 21.6 Å². The van der Waals surface area contributed by atoms with Gasteiger partial charge in [-0.15, -0.1) is 11.3 Å². The Bertz CT molecular complexity index is 942. The number of amides is 1. The predicted octanol–water partition coefficient (Wildman–Crippen LogP) is 5.09. The van der Waals surface area contributed by atoms with Crippen LogP contribution in [0.3, 0.4) is 0 Å². The van der Waals surface area contributed by atoms with Crippen LogP contribution in [-0.2, 0) is 11.0 Å². The maximum atomic E-state index is 13.3. The van der Waals surface area contributed by atoms with Gasteiger partial charge in [-0.2, -0.15) is 13.2 Å². The van der Waals surface area contributed by atoms with Crippen LogP contribution in [0, 0.1) is 5.82 Å². The smallest absolute Gasteiger partial charge is 0.301 e. The van der Waals surface area contributed by atoms with Crippen LogP contribution < -0.4 is 5.32 Å². The van der Waals surface area contributed by atoms with E-state index in [1.54, 1.807) is 17.5 Å². The molecule has 0 aliphatic rings. The summed E-state index contributed by atoms with van der Waals surface area (Å²) in [7, 11) is 0. The summed E-state index contributed by atoms with van der Waals surface area (Å²) >= 11 is 2.20. The van der Waals surface area contributed by atoms with Gasteiger partial charge in [0.15, 0.2) is 5.13 Å². The maximum Gasteiger partial charge on any atom is 0.417 e. The van der Waals surface area contributed by atoms with E-state index < -0.39 is 11.7 Å². The predicted molar refractivity (Wildman–Crippen MR) is 96.1 cm³/mol. The highest BCUT2D eigenvalue weighted by molar-refractivity contribution is 7.99. The zero-order valence-corrected chi connectivity index (χ0v) is 15.1. The van der Waals surface area contributed by atoms with E-state index in [4.69, 9.17) is 0 Å². The van der Waals surface area contributed by atoms with Crippen LogP contribution in [0.1, 0.15) is 5.56 Å². The second-order valence-corrected chi connectivity index (χ2v) is 7.12. The number of anilines is 1. The highest BCUT2D eigenvalue weighted by Crippen LogP contribution is 2.30. The molecule has 140 valence electrons. The molecule has 0 radical (unpaired) electrons. The van der Waals surface area contributed by atoms with Crippen molar-refractivity contribution in [1.29, 1.82) is 0 Å². The van der Waals surface area contributed by atoms with Gasteiger partial charge in [0, 0.05) is 17.1 Å². The summed E-state index contributed by atoms with van der Waals surface area (Å²) in [4.78, 5) is 19.9. The van der Waals surface area contributed by atoms with Crippen molar-refractivity contribution >= 4 is 34.1 Å². The third-order valence-corrected chi connectivity index (χ3v) is 4.99. The average molecular weight is 413 g/mol. The maximum absolute atomic E-state index is 13.3. The Morgan fingerprint density at radius 2 is 2.04 bits per heavy atom. The lowest BCUT2D eigenvalue weighted by Gasteiger charge is -2.06. The minimum Gasteiger partial charge on any atom is -0.301 e. The molecule has 0 saturated heterocycles. The molecule has 1 aromatic carbocycles. The van der Waals surface area contributed by atoms with E-state index in [2.05, 4.69) is 15.3 Å². The molecule has 0 atom stereocenters. The largest absolute Gasteiger partial charge is 0.417 e. The molecule has 0 aliphatic heterocycles. The molecule has 0 bridgehead atoms. The van der Waals surface area contributed by atoms with Crippen LogP contribution in [0.2, 0.25) is 0 Å². The monoisotopic (exact) mass is 413 g/mol. The summed E-state index contributed by atoms with van der Waals surface area (Å²) in [6.07, 6.45) is -3.72. The lowest BCUT2D eigenvalue weighted by molar-refractivity contribution is -0.137. The molecule has 0 aliphatic carbocycles. The van der Waals surface area contributed by atoms with Crippen LogP contribution in [0.25, 0.3) is 11.3 Å². The van der Waals surface area contributed by atoms with Gasteiger partial charge in [0.25, 0.3) is 0 Å². The first-order valence-electron chi connectivity index (χ1n) is 7.48. The van der Waals surface area contributed by atoms with Gasteiger partial charge in [0.05, 0.1) is 22.0 Å². The van der Waals surface area contributed by atoms with Crippen LogP contribution in [0.4, 0.5) is 22.7 Å². The van der Waals surface area contributed by atoms with Gasteiger partial charge in [-0.1, -0.05) is 23.9 Å². The fourth-order valence-corrected chi connectivity index (χ4v) is 3.42. The minimum atomic E-state index is -4.45. The number of carbonyl (C=O) groups excluding carboxylic acids is 1. The Labute approximate surface area is 159 Å². The molecule has 0 spiro atoms. The Morgan fingerprint density at radius 1 is 1.22 bits per heavy atom. The van der Waals surface area contributed by atoms with Gasteiger partial charge in [0.1, 0.15) is 5.82 Å². The topological polar surface area (TPSA) is 54.9 Å². The van der Waals surface area contributed by atoms with Crippen molar-refractivity contribution in [1.82, 2.24) is 9.97 Å². The van der Waals surface area contributed by atoms with Crippen molar-refractivity contribution in [3.05, 3.63) is 59.4 Å². The molecular weight excluding hydrogens is 402 g/mol. The molecule has 0 saturated carbocycles. The lowest BCUT2D eigenvalue weighted by atomic mass is 10.2. The molecule has 0 fully saturated rings. The highest BCUT2D eigenvalue weighted by Gasteiger charge is 2.30. The number of pyridine rings is 1. The van der Waals surface area contributed by atoms with Crippen molar-refractivity contribution in [3.8, 4) is 11.3 Å². The number of thiazole rings is 1. The van der Waals surface area contributed by atoms with Crippen LogP contribution >= 0.6 is 23.1 Å². The number of alkyl halides is 3. The highest BCUT2D eigenvalue weighted by atomic mass is 32.2. The summed E-state index contributed by atoms with van der Waals surface area (Å²) < 4.78 is 50.7. The molecule has 27 heavy (non-hydrogen) atoms. The number of carbonyl (C=O) groups is 1. The number of nitrogens with zero attached hydrogens (tertiary/aromatic N) is 2. The van der Waals surface area contributed by atoms with E-state index in [1.165, 1.54) is 29.5 Å². The van der Waals surface area contributed by atoms with Crippen molar-refractivity contribution in [2.75, 3.05) is 11.1 Å². The van der Waals surface area contributed by atoms with E-state index in [9.17, 15) is 22.4 Å². The molecule has 2 aromatic heterocycles. The van der Waals surface area contributed by atoms with Crippen molar-refractivity contribution in [2.45, 2.75) is 11.2 Å². The molecule has 1 amide bonds. The number of halogens is 4. The first kappa shape index (κ1) is 19.3. The summed E-state index contributed by atoms with van der Waals surface area (Å²) in [6, 6.07) is 8.06. The third kappa shape index (κ3) is 5.27. The van der Waals surface area contributed by atoms with Gasteiger partial charge in [-0.25, -0.2) is 14.4 Å². The number of rotatable bonds is 5. The number of hydrogen-bond acceptors (Lipinski definition) is 5. The van der Waals surface area contributed by atoms with Crippen molar-refractivity contribution in [2.24, 2.45) is 0 Å². The average Bonchev–Trinajstić information content (AvgIpc) is 3.08. The number of aromatic nitrogens is 2. The summed E-state index contributed by atoms with van der Waals surface area (Å²) in [5.74, 6) is -0.791. The SMILES string of the molecule is O=C(CSc1ccc(C(F)(F)F)cn1)Nc1nc(-c2cccc(F)c2)cs1. The molecule has 10 heteroatoms. The van der Waals surface area contributed by atoms with Crippen LogP contribution in [0.5, 0.6) is 0 Å². The Hall–Kier alpha value is -2.46. The first-order chi connectivity index (χ1) is 12.8. The van der Waals surface area contributed by atoms with Crippen molar-refractivity contribution in [3.63, 3.8) is 0 Å². The Kier molecular flexibility index (Phi) is 5.76. The standard InChI is InChI=1S/C17H11F4N3OS2/c18-12-3-1-2-10(6-12)13-8-27-16(23-13)24-14(25)9-26-15-5-4-11(7-22-15)17(19,20)21/h1-8H,9H2,(H,23,24,25). The zero-order valence-electron chi connectivity index (χ0n) is 13.5. The molecule has 0 unspecified atom stereocenters. The van der Waals surface area contributed by atoms with E-state index in [0.717, 1.165) is 24.0 Å². The van der Waals surface area contributed by atoms with Crippen molar-refractivity contribution < 1.29 is 22.4 Å². The fourth-order valence-electron chi connectivity index (χ4n) is 2.04. The van der Waals surface area contributed by atoms with Gasteiger partial charge in [-0.3, -0.25) is 4.79 Å². The lowest BCUT2D eigenvalue weighted by Crippen LogP contribution is -2.14. The quantitative estimate of drug-likeness (QED) is 0.467. The number of hydrogen-bond donors (Lipinski definition) is 1. The molecular formula is C17H11F4N3OS2. The van der Waals surface area contributed by atoms with E-state index in [1.807, 2.05) is 0 Å². The molecule has 2 heterocycles. The molecule has 3 aromatic rings. The number of benzene rings is 1. The Morgan fingerprint density at radius 3 is 2.70 bits per heavy atom. The van der Waals surface area contributed by atoms with E-state index in [0.29, 0.717) is 21.4 Å². The zero-order chi connectivity index (χ0) is 19.4. The van der Waals surface area contributed by atoms with Gasteiger partial charge in [-0.05, 0) is 24.3 Å². The van der Waals surface area contributed by atoms with Gasteiger partial charge >= 0.3 is 6.18 Å². The minimum absolute atomic E-state index is 0.0345. The van der Waals surface area contributed by atoms with Gasteiger partial charge in [0.2, 0.25) is 5.91 Å². The summed E-state index contributed by atoms with van der Waals surface area (Å²) in [6.45, 7) is 0. The van der Waals surface area contributed by atoms with Crippen LogP contribution in [0.15, 0.2) is 53.0 Å². The van der Waals surface area contributed by atoms with Gasteiger partial charge < -0.3 is 5.32 Å². The normalized spacial score (nSPS) is 11.4. The Balaban J connectivity index is 1.55. The molecule has 3 rings (SSSR count). The summed E-state index contributed by atoms with van der Waals surface area (Å²) in [5, 5.41) is 4.94. The molecule has 1 N–H and O–H groups in total. The number of nitrogens with one attached hydrogen (secondary N) is 1. The van der Waals surface area contributed by atoms with E-state index >= 15 is 0 Å². The third-order valence-electron chi connectivity index (χ3n) is 3.29. The van der Waals surface area contributed by atoms with E-state index in [-0.39, 0.29) is 17.5 Å². The summed E-state index contributed by atoms with van der Waals surface area (Å²) in [5.41, 5.74) is 0.283. The fraction of sp³-hybridized carbons (Fsp3) is 0.118. The second-order valence-electron chi connectivity index (χ2n) is 5.27. The second kappa shape index (κ2) is 8.05. The first-order valence-corrected chi connectivity index (χ1v) is 9.35.